The van der Waals surface area contributed by atoms with Crippen LogP contribution in [-0.2, 0) is 13.0 Å². The van der Waals surface area contributed by atoms with Crippen LogP contribution in [-0.4, -0.2) is 14.8 Å². The summed E-state index contributed by atoms with van der Waals surface area (Å²) in [6.45, 7) is 2.92. The number of aromatic nitrogens is 3. The molecule has 96 valence electrons. The molecule has 4 heteroatoms. The Morgan fingerprint density at radius 3 is 2.58 bits per heavy atom. The molecule has 0 radical (unpaired) electrons. The summed E-state index contributed by atoms with van der Waals surface area (Å²) in [4.78, 5) is 4.42. The monoisotopic (exact) mass is 315 g/mol. The van der Waals surface area contributed by atoms with Crippen LogP contribution in [0.3, 0.4) is 0 Å². The van der Waals surface area contributed by atoms with Gasteiger partial charge in [-0.15, -0.1) is 0 Å². The van der Waals surface area contributed by atoms with Crippen molar-refractivity contribution < 1.29 is 0 Å². The molecule has 3 aromatic rings. The molecule has 0 fully saturated rings. The van der Waals surface area contributed by atoms with Crippen LogP contribution in [0.15, 0.2) is 47.2 Å². The van der Waals surface area contributed by atoms with Gasteiger partial charge in [0.25, 0.3) is 0 Å². The minimum Gasteiger partial charge on any atom is -0.243 e. The van der Waals surface area contributed by atoms with E-state index in [1.54, 1.807) is 6.20 Å². The van der Waals surface area contributed by atoms with Crippen LogP contribution < -0.4 is 0 Å². The van der Waals surface area contributed by atoms with Gasteiger partial charge in [0.05, 0.1) is 12.7 Å². The topological polar surface area (TPSA) is 30.7 Å². The van der Waals surface area contributed by atoms with E-state index in [0.717, 1.165) is 28.5 Å². The summed E-state index contributed by atoms with van der Waals surface area (Å²) in [6, 6.07) is 10.7. The molecule has 3 rings (SSSR count). The lowest BCUT2D eigenvalue weighted by Crippen LogP contribution is -2.02. The Morgan fingerprint density at radius 1 is 1.11 bits per heavy atom. The third-order valence-electron chi connectivity index (χ3n) is 3.21. The molecule has 0 saturated carbocycles. The van der Waals surface area contributed by atoms with E-state index in [-0.39, 0.29) is 0 Å². The van der Waals surface area contributed by atoms with Crippen molar-refractivity contribution in [3.05, 3.63) is 58.3 Å². The number of hydrogen-bond acceptors (Lipinski definition) is 2. The fourth-order valence-corrected chi connectivity index (χ4v) is 2.46. The van der Waals surface area contributed by atoms with Crippen molar-refractivity contribution in [2.24, 2.45) is 0 Å². The summed E-state index contributed by atoms with van der Waals surface area (Å²) in [5.41, 5.74) is 3.52. The first kappa shape index (κ1) is 12.4. The molecule has 0 N–H and O–H groups in total. The van der Waals surface area contributed by atoms with Crippen LogP contribution in [0.5, 0.6) is 0 Å². The van der Waals surface area contributed by atoms with Crippen molar-refractivity contribution in [2.45, 2.75) is 19.9 Å². The highest BCUT2D eigenvalue weighted by Gasteiger charge is 2.05. The van der Waals surface area contributed by atoms with Crippen molar-refractivity contribution in [1.82, 2.24) is 14.8 Å². The van der Waals surface area contributed by atoms with E-state index >= 15 is 0 Å². The van der Waals surface area contributed by atoms with Gasteiger partial charge in [0.1, 0.15) is 0 Å². The summed E-state index contributed by atoms with van der Waals surface area (Å²) < 4.78 is 2.91. The van der Waals surface area contributed by atoms with Gasteiger partial charge in [-0.2, -0.15) is 5.10 Å². The molecular formula is C15H14BrN3. The third-order valence-corrected chi connectivity index (χ3v) is 3.64. The number of fused-ring (bicyclic) bond motifs is 1. The van der Waals surface area contributed by atoms with Gasteiger partial charge in [0.2, 0.25) is 0 Å². The molecule has 0 aliphatic carbocycles. The maximum Gasteiger partial charge on any atom is 0.158 e. The Hall–Kier alpha value is -1.68. The smallest absolute Gasteiger partial charge is 0.158 e. The molecule has 3 nitrogen and oxygen atoms in total. The summed E-state index contributed by atoms with van der Waals surface area (Å²) in [5.74, 6) is 0. The maximum absolute atomic E-state index is 4.42. The average molecular weight is 316 g/mol. The Kier molecular flexibility index (Phi) is 3.34. The number of halogens is 1. The van der Waals surface area contributed by atoms with E-state index in [1.807, 2.05) is 16.9 Å². The van der Waals surface area contributed by atoms with Crippen LogP contribution in [0.2, 0.25) is 0 Å². The molecule has 2 heterocycles. The van der Waals surface area contributed by atoms with Gasteiger partial charge in [0, 0.05) is 16.1 Å². The number of nitrogens with zero attached hydrogens (tertiary/aromatic N) is 3. The quantitative estimate of drug-likeness (QED) is 0.736. The fraction of sp³-hybridized carbons (Fsp3) is 0.200. The molecule has 0 amide bonds. The molecule has 0 unspecified atom stereocenters. The first-order valence-corrected chi connectivity index (χ1v) is 7.10. The second-order valence-electron chi connectivity index (χ2n) is 4.54. The highest BCUT2D eigenvalue weighted by Crippen LogP contribution is 2.17. The lowest BCUT2D eigenvalue weighted by Gasteiger charge is -2.04. The molecule has 0 aliphatic rings. The second kappa shape index (κ2) is 5.13. The normalized spacial score (nSPS) is 11.1. The van der Waals surface area contributed by atoms with E-state index in [9.17, 15) is 0 Å². The Morgan fingerprint density at radius 2 is 1.84 bits per heavy atom. The minimum atomic E-state index is 0.752. The van der Waals surface area contributed by atoms with Crippen molar-refractivity contribution in [1.29, 1.82) is 0 Å². The number of pyridine rings is 1. The molecule has 2 aromatic heterocycles. The van der Waals surface area contributed by atoms with Gasteiger partial charge in [-0.05, 0) is 39.5 Å². The molecule has 0 spiro atoms. The minimum absolute atomic E-state index is 0.752. The zero-order valence-electron chi connectivity index (χ0n) is 10.7. The van der Waals surface area contributed by atoms with E-state index < -0.39 is 0 Å². The summed E-state index contributed by atoms with van der Waals surface area (Å²) in [6.07, 6.45) is 4.73. The van der Waals surface area contributed by atoms with E-state index in [2.05, 4.69) is 57.2 Å². The zero-order chi connectivity index (χ0) is 13.2. The van der Waals surface area contributed by atoms with E-state index in [0.29, 0.717) is 0 Å². The van der Waals surface area contributed by atoms with Crippen LogP contribution in [0, 0.1) is 0 Å². The number of rotatable bonds is 3. The van der Waals surface area contributed by atoms with Crippen molar-refractivity contribution in [3.8, 4) is 0 Å². The van der Waals surface area contributed by atoms with Crippen molar-refractivity contribution >= 4 is 27.0 Å². The SMILES string of the molecule is CCc1ccc(Cn2ncc3cc(Br)cnc32)cc1. The molecule has 0 atom stereocenters. The van der Waals surface area contributed by atoms with Gasteiger partial charge in [-0.25, -0.2) is 9.67 Å². The highest BCUT2D eigenvalue weighted by molar-refractivity contribution is 9.10. The molecule has 0 bridgehead atoms. The predicted octanol–water partition coefficient (Wildman–Crippen LogP) is 3.80. The average Bonchev–Trinajstić information content (AvgIpc) is 2.82. The maximum atomic E-state index is 4.42. The molecular weight excluding hydrogens is 302 g/mol. The van der Waals surface area contributed by atoms with Gasteiger partial charge < -0.3 is 0 Å². The number of benzene rings is 1. The van der Waals surface area contributed by atoms with Crippen LogP contribution >= 0.6 is 15.9 Å². The third kappa shape index (κ3) is 2.54. The largest absolute Gasteiger partial charge is 0.243 e. The van der Waals surface area contributed by atoms with E-state index in [1.165, 1.54) is 11.1 Å². The fourth-order valence-electron chi connectivity index (χ4n) is 2.11. The molecule has 1 aromatic carbocycles. The van der Waals surface area contributed by atoms with Crippen LogP contribution in [0.1, 0.15) is 18.1 Å². The summed E-state index contributed by atoms with van der Waals surface area (Å²) in [5, 5.41) is 5.46. The van der Waals surface area contributed by atoms with Gasteiger partial charge in [-0.3, -0.25) is 0 Å². The number of aryl methyl sites for hydroxylation is 1. The van der Waals surface area contributed by atoms with Gasteiger partial charge in [-0.1, -0.05) is 31.2 Å². The Bertz CT molecular complexity index is 701. The molecule has 19 heavy (non-hydrogen) atoms. The lowest BCUT2D eigenvalue weighted by molar-refractivity contribution is 0.704. The Balaban J connectivity index is 1.92. The van der Waals surface area contributed by atoms with Gasteiger partial charge >= 0.3 is 0 Å². The summed E-state index contributed by atoms with van der Waals surface area (Å²) >= 11 is 3.42. The highest BCUT2D eigenvalue weighted by atomic mass is 79.9. The van der Waals surface area contributed by atoms with Crippen LogP contribution in [0.25, 0.3) is 11.0 Å². The van der Waals surface area contributed by atoms with Gasteiger partial charge in [0.15, 0.2) is 5.65 Å². The van der Waals surface area contributed by atoms with E-state index in [4.69, 9.17) is 0 Å². The van der Waals surface area contributed by atoms with Crippen molar-refractivity contribution in [3.63, 3.8) is 0 Å². The predicted molar refractivity (Wildman–Crippen MR) is 80.2 cm³/mol. The summed E-state index contributed by atoms with van der Waals surface area (Å²) in [7, 11) is 0. The molecule has 0 saturated heterocycles. The first-order chi connectivity index (χ1) is 9.26. The second-order valence-corrected chi connectivity index (χ2v) is 5.45. The first-order valence-electron chi connectivity index (χ1n) is 6.31. The number of hydrogen-bond donors (Lipinski definition) is 0. The van der Waals surface area contributed by atoms with Crippen molar-refractivity contribution in [2.75, 3.05) is 0 Å². The lowest BCUT2D eigenvalue weighted by atomic mass is 10.1. The zero-order valence-corrected chi connectivity index (χ0v) is 12.3. The molecule has 0 aliphatic heterocycles. The van der Waals surface area contributed by atoms with Crippen LogP contribution in [0.4, 0.5) is 0 Å². The Labute approximate surface area is 120 Å². The standard InChI is InChI=1S/C15H14BrN3/c1-2-11-3-5-12(6-4-11)10-19-15-13(8-18-19)7-14(16)9-17-15/h3-9H,2,10H2,1H3.